The number of rotatable bonds is 4. The summed E-state index contributed by atoms with van der Waals surface area (Å²) < 4.78 is 0. The number of hydrogen-bond acceptors (Lipinski definition) is 4. The molecule has 2 aromatic rings. The van der Waals surface area contributed by atoms with E-state index in [1.807, 2.05) is 24.3 Å². The Balaban J connectivity index is 1.38. The standard InChI is InChI=1S/C22H23N3O3/c26-20(15-25-21(27)18-7-3-4-8-19(18)22(25)28)23-16-9-11-17(12-10-16)24-13-5-1-2-6-14-24/h3-4,7-12H,1-2,5-6,13-15H2,(H,23,26). The Labute approximate surface area is 164 Å². The molecule has 1 N–H and O–H groups in total. The van der Waals surface area contributed by atoms with Crippen LogP contribution in [0.3, 0.4) is 0 Å². The summed E-state index contributed by atoms with van der Waals surface area (Å²) >= 11 is 0. The molecule has 3 amide bonds. The molecule has 0 radical (unpaired) electrons. The van der Waals surface area contributed by atoms with Gasteiger partial charge in [-0.15, -0.1) is 0 Å². The van der Waals surface area contributed by atoms with Crippen molar-refractivity contribution in [1.82, 2.24) is 4.90 Å². The second kappa shape index (κ2) is 7.84. The minimum Gasteiger partial charge on any atom is -0.372 e. The Morgan fingerprint density at radius 2 is 1.39 bits per heavy atom. The van der Waals surface area contributed by atoms with E-state index in [1.54, 1.807) is 24.3 Å². The molecule has 0 aromatic heterocycles. The van der Waals surface area contributed by atoms with Gasteiger partial charge in [0.15, 0.2) is 0 Å². The van der Waals surface area contributed by atoms with Gasteiger partial charge in [-0.1, -0.05) is 25.0 Å². The van der Waals surface area contributed by atoms with E-state index in [1.165, 1.54) is 25.7 Å². The molecule has 28 heavy (non-hydrogen) atoms. The summed E-state index contributed by atoms with van der Waals surface area (Å²) in [6.45, 7) is 1.83. The summed E-state index contributed by atoms with van der Waals surface area (Å²) in [6.07, 6.45) is 4.97. The van der Waals surface area contributed by atoms with Crippen LogP contribution in [0.25, 0.3) is 0 Å². The first kappa shape index (κ1) is 18.2. The van der Waals surface area contributed by atoms with Gasteiger partial charge in [0.2, 0.25) is 5.91 Å². The molecule has 6 nitrogen and oxygen atoms in total. The van der Waals surface area contributed by atoms with Crippen molar-refractivity contribution in [2.24, 2.45) is 0 Å². The number of benzene rings is 2. The highest BCUT2D eigenvalue weighted by Gasteiger charge is 2.36. The Bertz CT molecular complexity index is 864. The number of nitrogens with zero attached hydrogens (tertiary/aromatic N) is 2. The Kier molecular flexibility index (Phi) is 5.10. The highest BCUT2D eigenvalue weighted by atomic mass is 16.2. The number of anilines is 2. The van der Waals surface area contributed by atoms with Gasteiger partial charge >= 0.3 is 0 Å². The summed E-state index contributed by atoms with van der Waals surface area (Å²) in [5, 5.41) is 2.78. The van der Waals surface area contributed by atoms with E-state index in [4.69, 9.17) is 0 Å². The van der Waals surface area contributed by atoms with Gasteiger partial charge in [0.05, 0.1) is 11.1 Å². The first-order valence-corrected chi connectivity index (χ1v) is 9.73. The molecule has 0 aliphatic carbocycles. The molecule has 0 spiro atoms. The molecule has 2 aromatic carbocycles. The van der Waals surface area contributed by atoms with Gasteiger partial charge in [-0.2, -0.15) is 0 Å². The van der Waals surface area contributed by atoms with Crippen molar-refractivity contribution in [2.45, 2.75) is 25.7 Å². The molecule has 2 aliphatic rings. The SMILES string of the molecule is O=C(CN1C(=O)c2ccccc2C1=O)Nc1ccc(N2CCCCCC2)cc1. The minimum atomic E-state index is -0.424. The van der Waals surface area contributed by atoms with E-state index in [0.717, 1.165) is 23.7 Å². The number of amides is 3. The molecule has 6 heteroatoms. The fraction of sp³-hybridized carbons (Fsp3) is 0.318. The molecule has 2 aliphatic heterocycles. The smallest absolute Gasteiger partial charge is 0.262 e. The summed E-state index contributed by atoms with van der Waals surface area (Å²) in [6, 6.07) is 14.4. The van der Waals surface area contributed by atoms with Crippen LogP contribution in [0.15, 0.2) is 48.5 Å². The highest BCUT2D eigenvalue weighted by Crippen LogP contribution is 2.23. The number of hydrogen-bond donors (Lipinski definition) is 1. The van der Waals surface area contributed by atoms with E-state index in [-0.39, 0.29) is 6.54 Å². The number of nitrogens with one attached hydrogen (secondary N) is 1. The lowest BCUT2D eigenvalue weighted by molar-refractivity contribution is -0.116. The molecule has 0 atom stereocenters. The third-order valence-electron chi connectivity index (χ3n) is 5.30. The maximum absolute atomic E-state index is 12.4. The van der Waals surface area contributed by atoms with Crippen LogP contribution in [0, 0.1) is 0 Å². The van der Waals surface area contributed by atoms with Crippen LogP contribution in [0.2, 0.25) is 0 Å². The maximum atomic E-state index is 12.4. The second-order valence-electron chi connectivity index (χ2n) is 7.24. The van der Waals surface area contributed by atoms with Crippen LogP contribution in [-0.4, -0.2) is 42.3 Å². The molecule has 0 unspecified atom stereocenters. The molecule has 1 fully saturated rings. The van der Waals surface area contributed by atoms with E-state index in [9.17, 15) is 14.4 Å². The summed E-state index contributed by atoms with van der Waals surface area (Å²) in [5.74, 6) is -1.24. The number of imide groups is 1. The first-order chi connectivity index (χ1) is 13.6. The van der Waals surface area contributed by atoms with E-state index >= 15 is 0 Å². The highest BCUT2D eigenvalue weighted by molar-refractivity contribution is 6.22. The summed E-state index contributed by atoms with van der Waals surface area (Å²) in [4.78, 5) is 40.5. The number of carbonyl (C=O) groups is 3. The first-order valence-electron chi connectivity index (χ1n) is 9.73. The molecule has 0 saturated carbocycles. The zero-order valence-corrected chi connectivity index (χ0v) is 15.7. The van der Waals surface area contributed by atoms with Crippen LogP contribution < -0.4 is 10.2 Å². The summed E-state index contributed by atoms with van der Waals surface area (Å²) in [7, 11) is 0. The average Bonchev–Trinajstić information content (AvgIpc) is 2.91. The predicted molar refractivity (Wildman–Crippen MR) is 108 cm³/mol. The van der Waals surface area contributed by atoms with Crippen LogP contribution in [0.5, 0.6) is 0 Å². The lowest BCUT2D eigenvalue weighted by Gasteiger charge is -2.23. The fourth-order valence-corrected chi connectivity index (χ4v) is 3.81. The lowest BCUT2D eigenvalue weighted by atomic mass is 10.1. The van der Waals surface area contributed by atoms with Crippen molar-refractivity contribution in [3.63, 3.8) is 0 Å². The normalized spacial score (nSPS) is 16.7. The van der Waals surface area contributed by atoms with E-state index in [0.29, 0.717) is 16.8 Å². The third kappa shape index (κ3) is 3.63. The Morgan fingerprint density at radius 1 is 0.821 bits per heavy atom. The van der Waals surface area contributed by atoms with Crippen molar-refractivity contribution >= 4 is 29.1 Å². The average molecular weight is 377 g/mol. The van der Waals surface area contributed by atoms with Gasteiger partial charge in [-0.3, -0.25) is 19.3 Å². The third-order valence-corrected chi connectivity index (χ3v) is 5.30. The lowest BCUT2D eigenvalue weighted by Crippen LogP contribution is -2.37. The fourth-order valence-electron chi connectivity index (χ4n) is 3.81. The molecular weight excluding hydrogens is 354 g/mol. The molecule has 4 rings (SSSR count). The van der Waals surface area contributed by atoms with E-state index < -0.39 is 17.7 Å². The molecule has 144 valence electrons. The molecule has 2 heterocycles. The van der Waals surface area contributed by atoms with E-state index in [2.05, 4.69) is 10.2 Å². The zero-order chi connectivity index (χ0) is 19.5. The van der Waals surface area contributed by atoms with Crippen molar-refractivity contribution in [3.05, 3.63) is 59.7 Å². The van der Waals surface area contributed by atoms with Gasteiger partial charge in [0, 0.05) is 24.5 Å². The molecule has 0 bridgehead atoms. The van der Waals surface area contributed by atoms with Crippen LogP contribution in [0.1, 0.15) is 46.4 Å². The van der Waals surface area contributed by atoms with Crippen molar-refractivity contribution < 1.29 is 14.4 Å². The van der Waals surface area contributed by atoms with Crippen LogP contribution in [-0.2, 0) is 4.79 Å². The number of fused-ring (bicyclic) bond motifs is 1. The van der Waals surface area contributed by atoms with Gasteiger partial charge in [-0.05, 0) is 49.2 Å². The topological polar surface area (TPSA) is 69.7 Å². The molecule has 1 saturated heterocycles. The van der Waals surface area contributed by atoms with Gasteiger partial charge in [-0.25, -0.2) is 0 Å². The minimum absolute atomic E-state index is 0.291. The van der Waals surface area contributed by atoms with Crippen LogP contribution in [0.4, 0.5) is 11.4 Å². The maximum Gasteiger partial charge on any atom is 0.262 e. The van der Waals surface area contributed by atoms with Gasteiger partial charge in [0.1, 0.15) is 6.54 Å². The largest absolute Gasteiger partial charge is 0.372 e. The number of carbonyl (C=O) groups excluding carboxylic acids is 3. The van der Waals surface area contributed by atoms with Crippen molar-refractivity contribution in [2.75, 3.05) is 29.9 Å². The monoisotopic (exact) mass is 377 g/mol. The van der Waals surface area contributed by atoms with Crippen molar-refractivity contribution in [3.8, 4) is 0 Å². The second-order valence-corrected chi connectivity index (χ2v) is 7.24. The zero-order valence-electron chi connectivity index (χ0n) is 15.7. The Hall–Kier alpha value is -3.15. The Morgan fingerprint density at radius 3 is 1.96 bits per heavy atom. The summed E-state index contributed by atoms with van der Waals surface area (Å²) in [5.41, 5.74) is 2.50. The van der Waals surface area contributed by atoms with Crippen molar-refractivity contribution in [1.29, 1.82) is 0 Å². The van der Waals surface area contributed by atoms with Crippen LogP contribution >= 0.6 is 0 Å². The quantitative estimate of drug-likeness (QED) is 0.830. The van der Waals surface area contributed by atoms with Gasteiger partial charge < -0.3 is 10.2 Å². The van der Waals surface area contributed by atoms with Gasteiger partial charge in [0.25, 0.3) is 11.8 Å². The predicted octanol–water partition coefficient (Wildman–Crippen LogP) is 3.30. The molecular formula is C22H23N3O3.